The number of nitrogens with zero attached hydrogens (tertiary/aromatic N) is 2. The minimum atomic E-state index is 0.127. The highest BCUT2D eigenvalue weighted by atomic mass is 16.3. The second-order valence-corrected chi connectivity index (χ2v) is 1.67. The van der Waals surface area contributed by atoms with E-state index in [1.54, 1.807) is 12.2 Å². The van der Waals surface area contributed by atoms with Crippen molar-refractivity contribution >= 4 is 6.21 Å². The molecule has 0 unspecified atom stereocenters. The zero-order chi connectivity index (χ0) is 7.82. The lowest BCUT2D eigenvalue weighted by Crippen LogP contribution is -1.78. The van der Waals surface area contributed by atoms with Gasteiger partial charge in [-0.1, -0.05) is 17.8 Å². The highest BCUT2D eigenvalue weighted by Crippen LogP contribution is 1.91. The molecule has 0 amide bonds. The van der Waals surface area contributed by atoms with E-state index in [2.05, 4.69) is 16.7 Å². The van der Waals surface area contributed by atoms with E-state index in [9.17, 15) is 4.91 Å². The molecular formula is C7H10N2O. The molecule has 0 aliphatic rings. The zero-order valence-corrected chi connectivity index (χ0v) is 5.95. The van der Waals surface area contributed by atoms with Crippen molar-refractivity contribution in [3.05, 3.63) is 29.3 Å². The van der Waals surface area contributed by atoms with Crippen molar-refractivity contribution in [2.45, 2.75) is 6.92 Å². The summed E-state index contributed by atoms with van der Waals surface area (Å²) in [5.41, 5.74) is 0.818. The molecule has 0 radical (unpaired) electrons. The van der Waals surface area contributed by atoms with E-state index in [0.717, 1.165) is 5.70 Å². The third kappa shape index (κ3) is 4.90. The Morgan fingerprint density at radius 2 is 2.40 bits per heavy atom. The summed E-state index contributed by atoms with van der Waals surface area (Å²) in [6.45, 7) is 5.44. The Hall–Kier alpha value is -1.25. The molecule has 0 saturated heterocycles. The Labute approximate surface area is 60.1 Å². The second kappa shape index (κ2) is 5.88. The molecule has 0 aliphatic carbocycles. The summed E-state index contributed by atoms with van der Waals surface area (Å²) in [4.78, 5) is 13.4. The molecule has 0 fully saturated rings. The van der Waals surface area contributed by atoms with Crippen LogP contribution in [0.4, 0.5) is 0 Å². The van der Waals surface area contributed by atoms with Gasteiger partial charge in [-0.15, -0.1) is 0 Å². The maximum atomic E-state index is 9.56. The maximum absolute atomic E-state index is 9.56. The van der Waals surface area contributed by atoms with Crippen molar-refractivity contribution in [3.63, 3.8) is 0 Å². The zero-order valence-electron chi connectivity index (χ0n) is 5.95. The largest absolute Gasteiger partial charge is 0.264 e. The number of hydrogen-bond acceptors (Lipinski definition) is 3. The summed E-state index contributed by atoms with van der Waals surface area (Å²) in [5, 5.41) is 2.62. The SMILES string of the molecule is C=C/C=C(/C)N=CCN=O. The van der Waals surface area contributed by atoms with E-state index >= 15 is 0 Å². The number of aliphatic imine (C=N–C) groups is 1. The van der Waals surface area contributed by atoms with Gasteiger partial charge in [0, 0.05) is 11.9 Å². The summed E-state index contributed by atoms with van der Waals surface area (Å²) < 4.78 is 0. The smallest absolute Gasteiger partial charge is 0.116 e. The van der Waals surface area contributed by atoms with Crippen LogP contribution >= 0.6 is 0 Å². The van der Waals surface area contributed by atoms with Crippen LogP contribution in [0.25, 0.3) is 0 Å². The van der Waals surface area contributed by atoms with Crippen LogP contribution in [0.15, 0.2) is 34.6 Å². The van der Waals surface area contributed by atoms with Crippen LogP contribution in [-0.2, 0) is 0 Å². The lowest BCUT2D eigenvalue weighted by molar-refractivity contribution is 1.25. The standard InChI is InChI=1S/C7H10N2O/c1-3-4-7(2)8-5-6-9-10/h3-5H,1,6H2,2H3/b7-4-,8-5?. The fourth-order valence-corrected chi connectivity index (χ4v) is 0.432. The van der Waals surface area contributed by atoms with Crippen molar-refractivity contribution < 1.29 is 0 Å². The molecule has 0 aromatic heterocycles. The Balaban J connectivity index is 3.75. The second-order valence-electron chi connectivity index (χ2n) is 1.67. The molecule has 10 heavy (non-hydrogen) atoms. The summed E-state index contributed by atoms with van der Waals surface area (Å²) in [6.07, 6.45) is 4.85. The van der Waals surface area contributed by atoms with E-state index in [4.69, 9.17) is 0 Å². The van der Waals surface area contributed by atoms with Crippen LogP contribution < -0.4 is 0 Å². The molecule has 0 heterocycles. The fourth-order valence-electron chi connectivity index (χ4n) is 0.432. The fraction of sp³-hybridized carbons (Fsp3) is 0.286. The molecule has 0 rings (SSSR count). The Kier molecular flexibility index (Phi) is 5.14. The Morgan fingerprint density at radius 3 is 2.90 bits per heavy atom. The lowest BCUT2D eigenvalue weighted by Gasteiger charge is -1.84. The van der Waals surface area contributed by atoms with Gasteiger partial charge in [0.2, 0.25) is 0 Å². The molecule has 3 heteroatoms. The molecular weight excluding hydrogens is 128 g/mol. The van der Waals surface area contributed by atoms with Crippen LogP contribution in [0.3, 0.4) is 0 Å². The first-order chi connectivity index (χ1) is 4.81. The molecule has 0 N–H and O–H groups in total. The number of allylic oxidation sites excluding steroid dienone is 3. The van der Waals surface area contributed by atoms with Crippen molar-refractivity contribution in [2.24, 2.45) is 10.2 Å². The van der Waals surface area contributed by atoms with Crippen molar-refractivity contribution in [1.82, 2.24) is 0 Å². The lowest BCUT2D eigenvalue weighted by atomic mass is 10.4. The normalized spacial score (nSPS) is 11.9. The maximum Gasteiger partial charge on any atom is 0.116 e. The molecule has 54 valence electrons. The predicted octanol–water partition coefficient (Wildman–Crippen LogP) is 1.91. The number of hydrogen-bond donors (Lipinski definition) is 0. The van der Waals surface area contributed by atoms with Crippen LogP contribution in [0, 0.1) is 4.91 Å². The quantitative estimate of drug-likeness (QED) is 0.332. The third-order valence-corrected chi connectivity index (χ3v) is 0.810. The van der Waals surface area contributed by atoms with Gasteiger partial charge >= 0.3 is 0 Å². The Bertz CT molecular complexity index is 170. The van der Waals surface area contributed by atoms with Crippen LogP contribution in [0.2, 0.25) is 0 Å². The van der Waals surface area contributed by atoms with Gasteiger partial charge < -0.3 is 0 Å². The van der Waals surface area contributed by atoms with Gasteiger partial charge in [0.25, 0.3) is 0 Å². The molecule has 0 aliphatic heterocycles. The molecule has 0 spiro atoms. The number of rotatable bonds is 4. The summed E-state index contributed by atoms with van der Waals surface area (Å²) >= 11 is 0. The molecule has 0 bridgehead atoms. The topological polar surface area (TPSA) is 41.8 Å². The van der Waals surface area contributed by atoms with Crippen molar-refractivity contribution in [1.29, 1.82) is 0 Å². The van der Waals surface area contributed by atoms with Gasteiger partial charge in [-0.05, 0) is 13.0 Å². The van der Waals surface area contributed by atoms with Crippen LogP contribution in [0.5, 0.6) is 0 Å². The van der Waals surface area contributed by atoms with Crippen molar-refractivity contribution in [3.8, 4) is 0 Å². The van der Waals surface area contributed by atoms with Crippen LogP contribution in [-0.4, -0.2) is 12.8 Å². The van der Waals surface area contributed by atoms with E-state index in [0.29, 0.717) is 0 Å². The minimum Gasteiger partial charge on any atom is -0.264 e. The van der Waals surface area contributed by atoms with Crippen LogP contribution in [0.1, 0.15) is 6.92 Å². The summed E-state index contributed by atoms with van der Waals surface area (Å²) in [5.74, 6) is 0. The minimum absolute atomic E-state index is 0.127. The predicted molar refractivity (Wildman–Crippen MR) is 43.1 cm³/mol. The van der Waals surface area contributed by atoms with Gasteiger partial charge in [-0.3, -0.25) is 4.99 Å². The molecule has 0 aromatic carbocycles. The highest BCUT2D eigenvalue weighted by molar-refractivity contribution is 5.61. The number of nitroso groups, excluding NO2 is 1. The first-order valence-electron chi connectivity index (χ1n) is 2.92. The van der Waals surface area contributed by atoms with E-state index in [1.165, 1.54) is 6.21 Å². The average molecular weight is 138 g/mol. The van der Waals surface area contributed by atoms with Gasteiger partial charge in [-0.25, -0.2) is 0 Å². The van der Waals surface area contributed by atoms with E-state index in [-0.39, 0.29) is 6.54 Å². The monoisotopic (exact) mass is 138 g/mol. The van der Waals surface area contributed by atoms with Gasteiger partial charge in [-0.2, -0.15) is 4.91 Å². The summed E-state index contributed by atoms with van der Waals surface area (Å²) in [6, 6.07) is 0. The average Bonchev–Trinajstić information content (AvgIpc) is 1.89. The van der Waals surface area contributed by atoms with Gasteiger partial charge in [0.15, 0.2) is 0 Å². The first-order valence-corrected chi connectivity index (χ1v) is 2.92. The van der Waals surface area contributed by atoms with Gasteiger partial charge in [0.1, 0.15) is 6.54 Å². The first kappa shape index (κ1) is 8.75. The van der Waals surface area contributed by atoms with Gasteiger partial charge in [0.05, 0.1) is 0 Å². The van der Waals surface area contributed by atoms with E-state index in [1.807, 2.05) is 6.92 Å². The molecule has 0 saturated carbocycles. The van der Waals surface area contributed by atoms with E-state index < -0.39 is 0 Å². The van der Waals surface area contributed by atoms with Crippen molar-refractivity contribution in [2.75, 3.05) is 6.54 Å². The summed E-state index contributed by atoms with van der Waals surface area (Å²) in [7, 11) is 0. The highest BCUT2D eigenvalue weighted by Gasteiger charge is 1.77. The third-order valence-electron chi connectivity index (χ3n) is 0.810. The Morgan fingerprint density at radius 1 is 1.70 bits per heavy atom. The molecule has 0 aromatic rings. The molecule has 0 atom stereocenters. The molecule has 3 nitrogen and oxygen atoms in total.